The standard InChI is InChI=1S/C19H38N4O2.HI/c1-6-20-18(22-14-17(24)23-19(3,4)5)21-13-12-16(25-7-2)15-10-8-9-11-15;/h15-16H,6-14H2,1-5H3,(H,23,24)(H2,20,21,22);1H. The van der Waals surface area contributed by atoms with Gasteiger partial charge in [0.15, 0.2) is 5.96 Å². The Bertz CT molecular complexity index is 418. The lowest BCUT2D eigenvalue weighted by molar-refractivity contribution is -0.121. The van der Waals surface area contributed by atoms with Gasteiger partial charge in [0, 0.05) is 25.2 Å². The Balaban J connectivity index is 0.00000625. The summed E-state index contributed by atoms with van der Waals surface area (Å²) in [6, 6.07) is 0. The summed E-state index contributed by atoms with van der Waals surface area (Å²) in [7, 11) is 0. The highest BCUT2D eigenvalue weighted by atomic mass is 127. The molecule has 154 valence electrons. The molecule has 1 aliphatic rings. The maximum absolute atomic E-state index is 11.9. The second-order valence-electron chi connectivity index (χ2n) is 7.75. The van der Waals surface area contributed by atoms with E-state index in [-0.39, 0.29) is 42.0 Å². The SMILES string of the molecule is CCNC(=NCC(=O)NC(C)(C)C)NCCC(OCC)C1CCCC1.I. The molecule has 1 unspecified atom stereocenters. The number of nitrogens with one attached hydrogen (secondary N) is 3. The molecular formula is C19H39IN4O2. The van der Waals surface area contributed by atoms with Crippen molar-refractivity contribution in [2.45, 2.75) is 78.4 Å². The number of halogens is 1. The fourth-order valence-electron chi connectivity index (χ4n) is 3.28. The van der Waals surface area contributed by atoms with E-state index < -0.39 is 0 Å². The number of ether oxygens (including phenoxy) is 1. The Morgan fingerprint density at radius 1 is 1.19 bits per heavy atom. The zero-order valence-corrected chi connectivity index (χ0v) is 19.5. The summed E-state index contributed by atoms with van der Waals surface area (Å²) in [4.78, 5) is 16.3. The van der Waals surface area contributed by atoms with Gasteiger partial charge in [-0.15, -0.1) is 24.0 Å². The van der Waals surface area contributed by atoms with Gasteiger partial charge < -0.3 is 20.7 Å². The van der Waals surface area contributed by atoms with E-state index in [9.17, 15) is 4.79 Å². The van der Waals surface area contributed by atoms with Crippen LogP contribution in [0.4, 0.5) is 0 Å². The zero-order chi connectivity index (χ0) is 18.7. The highest BCUT2D eigenvalue weighted by Crippen LogP contribution is 2.30. The topological polar surface area (TPSA) is 74.8 Å². The van der Waals surface area contributed by atoms with Gasteiger partial charge in [0.1, 0.15) is 6.54 Å². The van der Waals surface area contributed by atoms with Crippen LogP contribution in [0.25, 0.3) is 0 Å². The van der Waals surface area contributed by atoms with Gasteiger partial charge in [-0.3, -0.25) is 4.79 Å². The van der Waals surface area contributed by atoms with Crippen molar-refractivity contribution in [3.05, 3.63) is 0 Å². The van der Waals surface area contributed by atoms with E-state index in [2.05, 4.69) is 27.9 Å². The van der Waals surface area contributed by atoms with Crippen molar-refractivity contribution in [1.29, 1.82) is 0 Å². The number of amides is 1. The van der Waals surface area contributed by atoms with Crippen LogP contribution in [-0.2, 0) is 9.53 Å². The quantitative estimate of drug-likeness (QED) is 0.268. The van der Waals surface area contributed by atoms with Gasteiger partial charge >= 0.3 is 0 Å². The number of guanidine groups is 1. The maximum Gasteiger partial charge on any atom is 0.242 e. The predicted molar refractivity (Wildman–Crippen MR) is 119 cm³/mol. The van der Waals surface area contributed by atoms with Crippen molar-refractivity contribution in [3.8, 4) is 0 Å². The van der Waals surface area contributed by atoms with Crippen LogP contribution in [0.15, 0.2) is 4.99 Å². The molecule has 7 heteroatoms. The monoisotopic (exact) mass is 482 g/mol. The van der Waals surface area contributed by atoms with Crippen molar-refractivity contribution in [2.24, 2.45) is 10.9 Å². The zero-order valence-electron chi connectivity index (χ0n) is 17.2. The largest absolute Gasteiger partial charge is 0.378 e. The molecule has 0 radical (unpaired) electrons. The molecule has 0 aromatic rings. The molecule has 0 saturated heterocycles. The van der Waals surface area contributed by atoms with E-state index in [4.69, 9.17) is 4.74 Å². The third-order valence-corrected chi connectivity index (χ3v) is 4.27. The van der Waals surface area contributed by atoms with Gasteiger partial charge in [-0.25, -0.2) is 4.99 Å². The first-order valence-corrected chi connectivity index (χ1v) is 9.80. The number of rotatable bonds is 9. The number of nitrogens with zero attached hydrogens (tertiary/aromatic N) is 1. The molecule has 1 fully saturated rings. The Hall–Kier alpha value is -0.570. The molecule has 1 saturated carbocycles. The van der Waals surface area contributed by atoms with Crippen LogP contribution in [0.1, 0.15) is 66.7 Å². The van der Waals surface area contributed by atoms with E-state index in [1.165, 1.54) is 25.7 Å². The first-order valence-electron chi connectivity index (χ1n) is 9.80. The molecule has 1 rings (SSSR count). The lowest BCUT2D eigenvalue weighted by Gasteiger charge is -2.24. The summed E-state index contributed by atoms with van der Waals surface area (Å²) in [6.45, 7) is 12.5. The second-order valence-corrected chi connectivity index (χ2v) is 7.75. The fraction of sp³-hybridized carbons (Fsp3) is 0.895. The molecule has 3 N–H and O–H groups in total. The first-order chi connectivity index (χ1) is 11.9. The molecule has 0 aromatic heterocycles. The Labute approximate surface area is 176 Å². The molecule has 1 amide bonds. The van der Waals surface area contributed by atoms with E-state index in [0.717, 1.165) is 26.1 Å². The van der Waals surface area contributed by atoms with E-state index in [1.807, 2.05) is 27.7 Å². The number of hydrogen-bond acceptors (Lipinski definition) is 3. The van der Waals surface area contributed by atoms with Gasteiger partial charge in [-0.05, 0) is 59.8 Å². The lowest BCUT2D eigenvalue weighted by Crippen LogP contribution is -2.43. The maximum atomic E-state index is 11.9. The van der Waals surface area contributed by atoms with Crippen molar-refractivity contribution in [2.75, 3.05) is 26.2 Å². The summed E-state index contributed by atoms with van der Waals surface area (Å²) in [5.74, 6) is 1.31. The molecule has 0 spiro atoms. The van der Waals surface area contributed by atoms with E-state index in [0.29, 0.717) is 18.0 Å². The van der Waals surface area contributed by atoms with Crippen molar-refractivity contribution < 1.29 is 9.53 Å². The highest BCUT2D eigenvalue weighted by Gasteiger charge is 2.25. The van der Waals surface area contributed by atoms with Crippen molar-refractivity contribution in [1.82, 2.24) is 16.0 Å². The molecule has 0 bridgehead atoms. The van der Waals surface area contributed by atoms with Crippen molar-refractivity contribution in [3.63, 3.8) is 0 Å². The summed E-state index contributed by atoms with van der Waals surface area (Å²) >= 11 is 0. The Kier molecular flexibility index (Phi) is 13.3. The van der Waals surface area contributed by atoms with Crippen LogP contribution in [0.3, 0.4) is 0 Å². The van der Waals surface area contributed by atoms with Crippen LogP contribution >= 0.6 is 24.0 Å². The summed E-state index contributed by atoms with van der Waals surface area (Å²) < 4.78 is 5.96. The minimum absolute atomic E-state index is 0. The molecular weight excluding hydrogens is 443 g/mol. The number of aliphatic imine (C=N–C) groups is 1. The Morgan fingerprint density at radius 3 is 2.38 bits per heavy atom. The minimum Gasteiger partial charge on any atom is -0.378 e. The molecule has 6 nitrogen and oxygen atoms in total. The minimum atomic E-state index is -0.232. The average molecular weight is 482 g/mol. The molecule has 1 atom stereocenters. The van der Waals surface area contributed by atoms with Crippen LogP contribution in [0.5, 0.6) is 0 Å². The number of carbonyl (C=O) groups excluding carboxylic acids is 1. The smallest absolute Gasteiger partial charge is 0.242 e. The molecule has 1 aliphatic carbocycles. The van der Waals surface area contributed by atoms with Crippen LogP contribution < -0.4 is 16.0 Å². The summed E-state index contributed by atoms with van der Waals surface area (Å²) in [5, 5.41) is 9.45. The first kappa shape index (κ1) is 25.4. The number of hydrogen-bond donors (Lipinski definition) is 3. The summed E-state index contributed by atoms with van der Waals surface area (Å²) in [6.07, 6.45) is 6.52. The third-order valence-electron chi connectivity index (χ3n) is 4.27. The highest BCUT2D eigenvalue weighted by molar-refractivity contribution is 14.0. The summed E-state index contributed by atoms with van der Waals surface area (Å²) in [5.41, 5.74) is -0.232. The van der Waals surface area contributed by atoms with Crippen molar-refractivity contribution >= 4 is 35.8 Å². The van der Waals surface area contributed by atoms with E-state index in [1.54, 1.807) is 0 Å². The second kappa shape index (κ2) is 13.6. The van der Waals surface area contributed by atoms with E-state index >= 15 is 0 Å². The number of carbonyl (C=O) groups is 1. The average Bonchev–Trinajstić information content (AvgIpc) is 3.04. The van der Waals surface area contributed by atoms with Gasteiger partial charge in [0.2, 0.25) is 5.91 Å². The normalized spacial score (nSPS) is 16.7. The molecule has 0 aromatic carbocycles. The van der Waals surface area contributed by atoms with Crippen LogP contribution in [0, 0.1) is 5.92 Å². The molecule has 26 heavy (non-hydrogen) atoms. The lowest BCUT2D eigenvalue weighted by atomic mass is 9.98. The fourth-order valence-corrected chi connectivity index (χ4v) is 3.28. The van der Waals surface area contributed by atoms with Gasteiger partial charge in [-0.1, -0.05) is 12.8 Å². The molecule has 0 aliphatic heterocycles. The third kappa shape index (κ3) is 11.2. The van der Waals surface area contributed by atoms with Crippen LogP contribution in [0.2, 0.25) is 0 Å². The Morgan fingerprint density at radius 2 is 1.85 bits per heavy atom. The molecule has 0 heterocycles. The van der Waals surface area contributed by atoms with Gasteiger partial charge in [0.05, 0.1) is 6.10 Å². The van der Waals surface area contributed by atoms with Gasteiger partial charge in [-0.2, -0.15) is 0 Å². The van der Waals surface area contributed by atoms with Crippen LogP contribution in [-0.4, -0.2) is 49.8 Å². The predicted octanol–water partition coefficient (Wildman–Crippen LogP) is 3.06. The van der Waals surface area contributed by atoms with Gasteiger partial charge in [0.25, 0.3) is 0 Å².